The highest BCUT2D eigenvalue weighted by Gasteiger charge is 2.38. The summed E-state index contributed by atoms with van der Waals surface area (Å²) in [7, 11) is 0. The first kappa shape index (κ1) is 13.6. The Balaban J connectivity index is 3.11. The molecule has 0 atom stereocenters. The van der Waals surface area contributed by atoms with Crippen molar-refractivity contribution in [1.82, 2.24) is 5.32 Å². The zero-order valence-corrected chi connectivity index (χ0v) is 10.8. The van der Waals surface area contributed by atoms with Crippen LogP contribution in [0.25, 0.3) is 0 Å². The van der Waals surface area contributed by atoms with Crippen molar-refractivity contribution in [3.63, 3.8) is 0 Å². The lowest BCUT2D eigenvalue weighted by Gasteiger charge is -2.38. The van der Waals surface area contributed by atoms with E-state index in [0.29, 0.717) is 17.8 Å². The minimum atomic E-state index is -0.949. The second-order valence-electron chi connectivity index (χ2n) is 4.27. The average molecular weight is 237 g/mol. The number of hydrogen-bond donors (Lipinski definition) is 1. The molecular formula is C13H19NO3. The van der Waals surface area contributed by atoms with Crippen molar-refractivity contribution in [3.05, 3.63) is 23.3 Å². The van der Waals surface area contributed by atoms with E-state index in [9.17, 15) is 9.59 Å². The van der Waals surface area contributed by atoms with E-state index in [1.165, 1.54) is 19.1 Å². The monoisotopic (exact) mass is 237 g/mol. The van der Waals surface area contributed by atoms with Gasteiger partial charge < -0.3 is 10.1 Å². The van der Waals surface area contributed by atoms with E-state index in [0.717, 1.165) is 6.42 Å². The van der Waals surface area contributed by atoms with Crippen LogP contribution in [0.1, 0.15) is 34.1 Å². The van der Waals surface area contributed by atoms with Crippen molar-refractivity contribution >= 4 is 11.7 Å². The van der Waals surface area contributed by atoms with Crippen molar-refractivity contribution in [2.24, 2.45) is 0 Å². The van der Waals surface area contributed by atoms with E-state index in [1.54, 1.807) is 13.8 Å². The first-order valence-corrected chi connectivity index (χ1v) is 5.76. The highest BCUT2D eigenvalue weighted by atomic mass is 16.5. The minimum Gasteiger partial charge on any atom is -0.348 e. The first-order valence-electron chi connectivity index (χ1n) is 5.76. The molecule has 0 bridgehead atoms. The molecule has 1 rings (SSSR count). The number of ketones is 1. The molecule has 0 unspecified atom stereocenters. The molecule has 0 radical (unpaired) electrons. The Morgan fingerprint density at radius 2 is 1.88 bits per heavy atom. The third-order valence-corrected chi connectivity index (χ3v) is 2.70. The molecule has 0 fully saturated rings. The van der Waals surface area contributed by atoms with Crippen LogP contribution >= 0.6 is 0 Å². The fourth-order valence-corrected chi connectivity index (χ4v) is 1.95. The van der Waals surface area contributed by atoms with Crippen LogP contribution in [-0.4, -0.2) is 24.0 Å². The normalized spacial score (nSPS) is 18.5. The number of rotatable bonds is 4. The zero-order chi connectivity index (χ0) is 13.1. The largest absolute Gasteiger partial charge is 0.348 e. The quantitative estimate of drug-likeness (QED) is 0.757. The Morgan fingerprint density at radius 3 is 2.29 bits per heavy atom. The van der Waals surface area contributed by atoms with Crippen LogP contribution in [0.4, 0.5) is 0 Å². The molecule has 0 saturated carbocycles. The van der Waals surface area contributed by atoms with Crippen LogP contribution in [0.15, 0.2) is 23.3 Å². The molecule has 0 spiro atoms. The topological polar surface area (TPSA) is 55.4 Å². The number of ether oxygens (including phenoxy) is 1. The number of carbonyl (C=O) groups is 2. The van der Waals surface area contributed by atoms with Crippen molar-refractivity contribution in [1.29, 1.82) is 0 Å². The van der Waals surface area contributed by atoms with Crippen molar-refractivity contribution in [2.75, 3.05) is 6.61 Å². The van der Waals surface area contributed by atoms with Crippen molar-refractivity contribution < 1.29 is 14.3 Å². The Hall–Kier alpha value is -1.42. The molecule has 1 N–H and O–H groups in total. The Labute approximate surface area is 102 Å². The molecule has 0 aromatic carbocycles. The van der Waals surface area contributed by atoms with Crippen LogP contribution in [0.2, 0.25) is 0 Å². The van der Waals surface area contributed by atoms with E-state index >= 15 is 0 Å². The lowest BCUT2D eigenvalue weighted by Crippen LogP contribution is -2.53. The Kier molecular flexibility index (Phi) is 4.23. The predicted octanol–water partition coefficient (Wildman–Crippen LogP) is 1.72. The maximum Gasteiger partial charge on any atom is 0.219 e. The summed E-state index contributed by atoms with van der Waals surface area (Å²) in [5.74, 6) is -0.253. The van der Waals surface area contributed by atoms with E-state index < -0.39 is 5.72 Å². The van der Waals surface area contributed by atoms with Gasteiger partial charge in [-0.1, -0.05) is 6.92 Å². The molecule has 1 aliphatic carbocycles. The van der Waals surface area contributed by atoms with Gasteiger partial charge in [-0.05, 0) is 43.6 Å². The standard InChI is InChI=1S/C13H19NO3/c1-5-6-17-13(14-11(4)15)9(2)7-12(16)8-10(13)3/h7-8H,5-6H2,1-4H3,(H,14,15). The molecule has 0 aliphatic heterocycles. The van der Waals surface area contributed by atoms with Gasteiger partial charge in [-0.2, -0.15) is 0 Å². The summed E-state index contributed by atoms with van der Waals surface area (Å²) in [6, 6.07) is 0. The van der Waals surface area contributed by atoms with Crippen LogP contribution in [0.5, 0.6) is 0 Å². The van der Waals surface area contributed by atoms with E-state index in [1.807, 2.05) is 6.92 Å². The minimum absolute atomic E-state index is 0.0684. The predicted molar refractivity (Wildman–Crippen MR) is 65.3 cm³/mol. The molecule has 4 nitrogen and oxygen atoms in total. The van der Waals surface area contributed by atoms with Gasteiger partial charge in [0.2, 0.25) is 5.91 Å². The van der Waals surface area contributed by atoms with Gasteiger partial charge >= 0.3 is 0 Å². The second-order valence-corrected chi connectivity index (χ2v) is 4.27. The molecule has 0 heterocycles. The molecule has 0 aromatic heterocycles. The molecule has 1 aliphatic rings. The molecule has 4 heteroatoms. The highest BCUT2D eigenvalue weighted by molar-refractivity contribution is 6.02. The van der Waals surface area contributed by atoms with Gasteiger partial charge in [0, 0.05) is 13.5 Å². The van der Waals surface area contributed by atoms with Crippen LogP contribution < -0.4 is 5.32 Å². The molecule has 94 valence electrons. The van der Waals surface area contributed by atoms with Crippen molar-refractivity contribution in [3.8, 4) is 0 Å². The van der Waals surface area contributed by atoms with Gasteiger partial charge in [-0.3, -0.25) is 9.59 Å². The SMILES string of the molecule is CCCOC1(NC(C)=O)C(C)=CC(=O)C=C1C. The second kappa shape index (κ2) is 5.27. The van der Waals surface area contributed by atoms with Crippen LogP contribution in [-0.2, 0) is 14.3 Å². The maximum absolute atomic E-state index is 11.4. The zero-order valence-electron chi connectivity index (χ0n) is 10.8. The summed E-state index contributed by atoms with van der Waals surface area (Å²) in [6.07, 6.45) is 3.84. The maximum atomic E-state index is 11.4. The van der Waals surface area contributed by atoms with Gasteiger partial charge in [-0.25, -0.2) is 0 Å². The first-order chi connectivity index (χ1) is 7.92. The summed E-state index contributed by atoms with van der Waals surface area (Å²) in [6.45, 7) is 7.53. The lowest BCUT2D eigenvalue weighted by atomic mass is 9.89. The van der Waals surface area contributed by atoms with Gasteiger partial charge in [0.15, 0.2) is 11.5 Å². The fraction of sp³-hybridized carbons (Fsp3) is 0.538. The van der Waals surface area contributed by atoms with Gasteiger partial charge in [0.25, 0.3) is 0 Å². The Morgan fingerprint density at radius 1 is 1.35 bits per heavy atom. The molecular weight excluding hydrogens is 218 g/mol. The molecule has 17 heavy (non-hydrogen) atoms. The average Bonchev–Trinajstić information content (AvgIpc) is 2.21. The summed E-state index contributed by atoms with van der Waals surface area (Å²) in [5.41, 5.74) is 0.479. The lowest BCUT2D eigenvalue weighted by molar-refractivity contribution is -0.127. The molecule has 0 aromatic rings. The number of amides is 1. The fourth-order valence-electron chi connectivity index (χ4n) is 1.95. The summed E-state index contributed by atoms with van der Waals surface area (Å²) in [4.78, 5) is 22.7. The summed E-state index contributed by atoms with van der Waals surface area (Å²) < 4.78 is 5.78. The van der Waals surface area contributed by atoms with Crippen LogP contribution in [0.3, 0.4) is 0 Å². The Bertz CT molecular complexity index is 371. The number of nitrogens with one attached hydrogen (secondary N) is 1. The third-order valence-electron chi connectivity index (χ3n) is 2.70. The van der Waals surface area contributed by atoms with E-state index in [-0.39, 0.29) is 11.7 Å². The third kappa shape index (κ3) is 2.82. The molecule has 1 amide bonds. The number of carbonyl (C=O) groups excluding carboxylic acids is 2. The van der Waals surface area contributed by atoms with E-state index in [2.05, 4.69) is 5.32 Å². The van der Waals surface area contributed by atoms with Gasteiger partial charge in [0.1, 0.15) is 0 Å². The number of allylic oxidation sites excluding steroid dienone is 2. The summed E-state index contributed by atoms with van der Waals surface area (Å²) in [5, 5.41) is 2.80. The van der Waals surface area contributed by atoms with Crippen LogP contribution in [0, 0.1) is 0 Å². The number of hydrogen-bond acceptors (Lipinski definition) is 3. The van der Waals surface area contributed by atoms with Crippen molar-refractivity contribution in [2.45, 2.75) is 39.8 Å². The van der Waals surface area contributed by atoms with Gasteiger partial charge in [0.05, 0.1) is 0 Å². The highest BCUT2D eigenvalue weighted by Crippen LogP contribution is 2.30. The summed E-state index contributed by atoms with van der Waals surface area (Å²) >= 11 is 0. The smallest absolute Gasteiger partial charge is 0.219 e. The van der Waals surface area contributed by atoms with E-state index in [4.69, 9.17) is 4.74 Å². The van der Waals surface area contributed by atoms with Gasteiger partial charge in [-0.15, -0.1) is 0 Å². The molecule has 0 saturated heterocycles.